The first-order valence-electron chi connectivity index (χ1n) is 8.29. The van der Waals surface area contributed by atoms with Gasteiger partial charge in [0.25, 0.3) is 5.91 Å². The van der Waals surface area contributed by atoms with E-state index < -0.39 is 0 Å². The lowest BCUT2D eigenvalue weighted by Crippen LogP contribution is -2.03. The van der Waals surface area contributed by atoms with Gasteiger partial charge in [-0.2, -0.15) is 0 Å². The molecule has 128 valence electrons. The summed E-state index contributed by atoms with van der Waals surface area (Å²) in [5, 5.41) is 2.89. The molecule has 0 radical (unpaired) electrons. The molecule has 0 aromatic heterocycles. The molecule has 3 aromatic rings. The minimum atomic E-state index is -0.0678. The van der Waals surface area contributed by atoms with E-state index in [1.165, 1.54) is 0 Å². The predicted molar refractivity (Wildman–Crippen MR) is 108 cm³/mol. The van der Waals surface area contributed by atoms with Crippen LogP contribution in [0.3, 0.4) is 0 Å². The molecule has 1 amide bonds. The molecule has 1 heterocycles. The number of carbonyl (C=O) groups excluding carboxylic acids is 1. The van der Waals surface area contributed by atoms with Crippen LogP contribution in [-0.2, 0) is 11.4 Å². The van der Waals surface area contributed by atoms with Crippen LogP contribution in [0.2, 0.25) is 0 Å². The Morgan fingerprint density at radius 1 is 0.923 bits per heavy atom. The zero-order chi connectivity index (χ0) is 17.9. The maximum Gasteiger partial charge on any atom is 0.256 e. The van der Waals surface area contributed by atoms with Gasteiger partial charge in [0.2, 0.25) is 0 Å². The lowest BCUT2D eigenvalue weighted by atomic mass is 10.0. The summed E-state index contributed by atoms with van der Waals surface area (Å²) >= 11 is 3.42. The summed E-state index contributed by atoms with van der Waals surface area (Å²) in [5.41, 5.74) is 4.55. The number of hydrogen-bond acceptors (Lipinski definition) is 2. The van der Waals surface area contributed by atoms with Crippen molar-refractivity contribution in [2.45, 2.75) is 6.61 Å². The molecular weight excluding hydrogens is 390 g/mol. The highest BCUT2D eigenvalue weighted by Crippen LogP contribution is 2.32. The van der Waals surface area contributed by atoms with Crippen LogP contribution in [0, 0.1) is 0 Å². The molecule has 3 aromatic carbocycles. The second kappa shape index (κ2) is 7.18. The van der Waals surface area contributed by atoms with Gasteiger partial charge in [-0.15, -0.1) is 0 Å². The molecule has 0 spiro atoms. The van der Waals surface area contributed by atoms with Crippen LogP contribution >= 0.6 is 15.9 Å². The molecule has 1 aliphatic rings. The Morgan fingerprint density at radius 3 is 2.42 bits per heavy atom. The monoisotopic (exact) mass is 405 g/mol. The van der Waals surface area contributed by atoms with E-state index in [2.05, 4.69) is 21.2 Å². The second-order valence-electron chi connectivity index (χ2n) is 6.04. The Kier molecular flexibility index (Phi) is 4.59. The van der Waals surface area contributed by atoms with Crippen molar-refractivity contribution < 1.29 is 9.53 Å². The van der Waals surface area contributed by atoms with Gasteiger partial charge in [-0.3, -0.25) is 4.79 Å². The maximum absolute atomic E-state index is 12.2. The van der Waals surface area contributed by atoms with Gasteiger partial charge in [-0.25, -0.2) is 0 Å². The number of carbonyl (C=O) groups is 1. The largest absolute Gasteiger partial charge is 0.489 e. The zero-order valence-corrected chi connectivity index (χ0v) is 15.5. The average Bonchev–Trinajstić information content (AvgIpc) is 2.98. The van der Waals surface area contributed by atoms with E-state index in [-0.39, 0.29) is 5.91 Å². The molecule has 1 N–H and O–H groups in total. The Morgan fingerprint density at radius 2 is 1.65 bits per heavy atom. The smallest absolute Gasteiger partial charge is 0.256 e. The summed E-state index contributed by atoms with van der Waals surface area (Å²) in [5.74, 6) is 0.730. The summed E-state index contributed by atoms with van der Waals surface area (Å²) in [7, 11) is 0. The van der Waals surface area contributed by atoms with Crippen LogP contribution in [0.1, 0.15) is 16.7 Å². The molecule has 0 unspecified atom stereocenters. The number of ether oxygens (including phenoxy) is 1. The number of nitrogens with one attached hydrogen (secondary N) is 1. The summed E-state index contributed by atoms with van der Waals surface area (Å²) < 4.78 is 6.87. The number of rotatable bonds is 4. The average molecular weight is 406 g/mol. The molecule has 0 saturated carbocycles. The number of halogens is 1. The van der Waals surface area contributed by atoms with E-state index in [4.69, 9.17) is 4.74 Å². The third-order valence-electron chi connectivity index (χ3n) is 4.22. The van der Waals surface area contributed by atoms with E-state index in [1.54, 1.807) is 0 Å². The molecule has 3 nitrogen and oxygen atoms in total. The van der Waals surface area contributed by atoms with Crippen LogP contribution in [0.5, 0.6) is 5.75 Å². The predicted octanol–water partition coefficient (Wildman–Crippen LogP) is 5.52. The summed E-state index contributed by atoms with van der Waals surface area (Å²) in [6.07, 6.45) is 1.90. The Labute approximate surface area is 160 Å². The van der Waals surface area contributed by atoms with Crippen molar-refractivity contribution in [2.75, 3.05) is 5.32 Å². The number of para-hydroxylation sites is 1. The molecule has 26 heavy (non-hydrogen) atoms. The van der Waals surface area contributed by atoms with Crippen molar-refractivity contribution in [3.63, 3.8) is 0 Å². The van der Waals surface area contributed by atoms with E-state index in [0.29, 0.717) is 12.2 Å². The SMILES string of the molecule is O=C1Nc2ccccc2C1=Cc1ccc(OCc2ccc(Br)cc2)cc1. The van der Waals surface area contributed by atoms with Gasteiger partial charge in [0, 0.05) is 21.3 Å². The van der Waals surface area contributed by atoms with Crippen molar-refractivity contribution in [3.8, 4) is 5.75 Å². The van der Waals surface area contributed by atoms with Gasteiger partial charge in [0.05, 0.1) is 0 Å². The lowest BCUT2D eigenvalue weighted by Gasteiger charge is -2.07. The van der Waals surface area contributed by atoms with E-state index in [0.717, 1.165) is 32.6 Å². The van der Waals surface area contributed by atoms with Crippen molar-refractivity contribution in [1.29, 1.82) is 0 Å². The van der Waals surface area contributed by atoms with Gasteiger partial charge in [0.1, 0.15) is 12.4 Å². The van der Waals surface area contributed by atoms with Crippen molar-refractivity contribution in [3.05, 3.63) is 94.0 Å². The second-order valence-corrected chi connectivity index (χ2v) is 6.96. The zero-order valence-electron chi connectivity index (χ0n) is 13.9. The molecule has 0 aliphatic carbocycles. The third-order valence-corrected chi connectivity index (χ3v) is 4.75. The van der Waals surface area contributed by atoms with Crippen LogP contribution < -0.4 is 10.1 Å². The quantitative estimate of drug-likeness (QED) is 0.580. The molecule has 0 bridgehead atoms. The minimum Gasteiger partial charge on any atom is -0.489 e. The first-order valence-corrected chi connectivity index (χ1v) is 9.08. The van der Waals surface area contributed by atoms with E-state index >= 15 is 0 Å². The first-order chi connectivity index (χ1) is 12.7. The van der Waals surface area contributed by atoms with Crippen LogP contribution in [0.15, 0.2) is 77.3 Å². The Bertz CT molecular complexity index is 976. The normalized spacial score (nSPS) is 14.2. The summed E-state index contributed by atoms with van der Waals surface area (Å²) in [6.45, 7) is 0.517. The fraction of sp³-hybridized carbons (Fsp3) is 0.0455. The number of anilines is 1. The van der Waals surface area contributed by atoms with Gasteiger partial charge in [-0.1, -0.05) is 58.4 Å². The van der Waals surface area contributed by atoms with Crippen LogP contribution in [0.25, 0.3) is 11.6 Å². The number of amides is 1. The molecule has 0 fully saturated rings. The van der Waals surface area contributed by atoms with Gasteiger partial charge >= 0.3 is 0 Å². The highest BCUT2D eigenvalue weighted by atomic mass is 79.9. The van der Waals surface area contributed by atoms with Gasteiger partial charge < -0.3 is 10.1 Å². The molecule has 4 rings (SSSR count). The third kappa shape index (κ3) is 3.55. The molecule has 0 saturated heterocycles. The lowest BCUT2D eigenvalue weighted by molar-refractivity contribution is -0.110. The maximum atomic E-state index is 12.2. The fourth-order valence-corrected chi connectivity index (χ4v) is 3.12. The summed E-state index contributed by atoms with van der Waals surface area (Å²) in [4.78, 5) is 12.2. The molecule has 1 aliphatic heterocycles. The van der Waals surface area contributed by atoms with Crippen molar-refractivity contribution >= 4 is 39.2 Å². The minimum absolute atomic E-state index is 0.0678. The highest BCUT2D eigenvalue weighted by Gasteiger charge is 2.23. The van der Waals surface area contributed by atoms with Crippen LogP contribution in [-0.4, -0.2) is 5.91 Å². The van der Waals surface area contributed by atoms with Crippen LogP contribution in [0.4, 0.5) is 5.69 Å². The number of fused-ring (bicyclic) bond motifs is 1. The van der Waals surface area contributed by atoms with E-state index in [9.17, 15) is 4.79 Å². The van der Waals surface area contributed by atoms with Gasteiger partial charge in [0.15, 0.2) is 0 Å². The Balaban J connectivity index is 1.48. The Hall–Kier alpha value is -2.85. The topological polar surface area (TPSA) is 38.3 Å². The van der Waals surface area contributed by atoms with Gasteiger partial charge in [-0.05, 0) is 47.5 Å². The fourth-order valence-electron chi connectivity index (χ4n) is 2.86. The van der Waals surface area contributed by atoms with Crippen molar-refractivity contribution in [1.82, 2.24) is 0 Å². The highest BCUT2D eigenvalue weighted by molar-refractivity contribution is 9.10. The molecule has 4 heteroatoms. The number of hydrogen-bond donors (Lipinski definition) is 1. The first kappa shape index (κ1) is 16.6. The number of benzene rings is 3. The van der Waals surface area contributed by atoms with Crippen molar-refractivity contribution in [2.24, 2.45) is 0 Å². The van der Waals surface area contributed by atoms with E-state index in [1.807, 2.05) is 78.9 Å². The summed E-state index contributed by atoms with van der Waals surface area (Å²) in [6, 6.07) is 23.5. The standard InChI is InChI=1S/C22H16BrNO2/c23-17-9-5-16(6-10-17)14-26-18-11-7-15(8-12-18)13-20-19-3-1-2-4-21(19)24-22(20)25/h1-13H,14H2,(H,24,25). The molecule has 0 atom stereocenters. The molecular formula is C22H16BrNO2.